The van der Waals surface area contributed by atoms with Crippen LogP contribution >= 0.6 is 0 Å². The molecule has 140 valence electrons. The molecule has 0 aliphatic carbocycles. The van der Waals surface area contributed by atoms with Crippen LogP contribution in [0.4, 0.5) is 10.2 Å². The Hall–Kier alpha value is -2.96. The number of ether oxygens (including phenoxy) is 1. The van der Waals surface area contributed by atoms with E-state index in [4.69, 9.17) is 4.74 Å². The van der Waals surface area contributed by atoms with Crippen molar-refractivity contribution in [2.45, 2.75) is 32.8 Å². The van der Waals surface area contributed by atoms with Gasteiger partial charge in [-0.3, -0.25) is 4.79 Å². The SMILES string of the molecule is Cc1ccc(OC2CCN(c3nn4c(=O)ccnc4cc3C)CC2)cc1F. The minimum Gasteiger partial charge on any atom is -0.490 e. The minimum absolute atomic E-state index is 0.0357. The van der Waals surface area contributed by atoms with E-state index in [2.05, 4.69) is 15.0 Å². The van der Waals surface area contributed by atoms with Gasteiger partial charge in [-0.15, -0.1) is 5.10 Å². The number of fused-ring (bicyclic) bond motifs is 1. The molecule has 0 spiro atoms. The molecule has 1 aromatic carbocycles. The quantitative estimate of drug-likeness (QED) is 0.711. The van der Waals surface area contributed by atoms with Gasteiger partial charge in [0, 0.05) is 44.3 Å². The first-order chi connectivity index (χ1) is 13.0. The summed E-state index contributed by atoms with van der Waals surface area (Å²) in [5, 5.41) is 4.51. The van der Waals surface area contributed by atoms with Gasteiger partial charge < -0.3 is 9.64 Å². The van der Waals surface area contributed by atoms with Gasteiger partial charge in [0.1, 0.15) is 17.7 Å². The second kappa shape index (κ2) is 6.98. The van der Waals surface area contributed by atoms with Crippen molar-refractivity contribution >= 4 is 11.5 Å². The first-order valence-corrected chi connectivity index (χ1v) is 9.05. The molecular weight excluding hydrogens is 347 g/mol. The number of rotatable bonds is 3. The molecule has 1 saturated heterocycles. The maximum atomic E-state index is 13.7. The second-order valence-corrected chi connectivity index (χ2v) is 6.92. The molecule has 2 aromatic heterocycles. The van der Waals surface area contributed by atoms with Gasteiger partial charge in [-0.1, -0.05) is 6.07 Å². The molecule has 0 saturated carbocycles. The fraction of sp³-hybridized carbons (Fsp3) is 0.350. The predicted octanol–water partition coefficient (Wildman–Crippen LogP) is 2.89. The van der Waals surface area contributed by atoms with Crippen molar-refractivity contribution in [3.8, 4) is 5.75 Å². The number of hydrogen-bond donors (Lipinski definition) is 0. The van der Waals surface area contributed by atoms with E-state index in [9.17, 15) is 9.18 Å². The highest BCUT2D eigenvalue weighted by Gasteiger charge is 2.23. The van der Waals surface area contributed by atoms with E-state index in [0.29, 0.717) is 17.0 Å². The highest BCUT2D eigenvalue weighted by Crippen LogP contribution is 2.25. The topological polar surface area (TPSA) is 59.7 Å². The molecule has 7 heteroatoms. The molecule has 0 bridgehead atoms. The van der Waals surface area contributed by atoms with Crippen LogP contribution in [0.25, 0.3) is 5.65 Å². The van der Waals surface area contributed by atoms with Gasteiger partial charge in [-0.25, -0.2) is 9.37 Å². The number of piperidine rings is 1. The molecule has 1 aliphatic heterocycles. The molecule has 3 aromatic rings. The number of aryl methyl sites for hydroxylation is 2. The van der Waals surface area contributed by atoms with Crippen molar-refractivity contribution in [3.05, 3.63) is 63.8 Å². The summed E-state index contributed by atoms with van der Waals surface area (Å²) in [4.78, 5) is 18.4. The lowest BCUT2D eigenvalue weighted by molar-refractivity contribution is 0.170. The first kappa shape index (κ1) is 17.5. The molecule has 0 N–H and O–H groups in total. The number of hydrogen-bond acceptors (Lipinski definition) is 5. The van der Waals surface area contributed by atoms with Crippen molar-refractivity contribution in [3.63, 3.8) is 0 Å². The van der Waals surface area contributed by atoms with Crippen molar-refractivity contribution in [1.82, 2.24) is 14.6 Å². The first-order valence-electron chi connectivity index (χ1n) is 9.05. The summed E-state index contributed by atoms with van der Waals surface area (Å²) in [5.74, 6) is 1.10. The summed E-state index contributed by atoms with van der Waals surface area (Å²) in [6.45, 7) is 5.22. The summed E-state index contributed by atoms with van der Waals surface area (Å²) in [6.07, 6.45) is 3.14. The maximum Gasteiger partial charge on any atom is 0.274 e. The van der Waals surface area contributed by atoms with Gasteiger partial charge in [0.15, 0.2) is 11.5 Å². The third kappa shape index (κ3) is 3.49. The normalized spacial score (nSPS) is 15.3. The number of benzene rings is 1. The number of anilines is 1. The summed E-state index contributed by atoms with van der Waals surface area (Å²) < 4.78 is 21.0. The van der Waals surface area contributed by atoms with Crippen LogP contribution < -0.4 is 15.2 Å². The van der Waals surface area contributed by atoms with E-state index in [1.165, 1.54) is 22.8 Å². The zero-order valence-electron chi connectivity index (χ0n) is 15.4. The molecule has 0 amide bonds. The summed E-state index contributed by atoms with van der Waals surface area (Å²) in [7, 11) is 0. The molecule has 0 radical (unpaired) electrons. The van der Waals surface area contributed by atoms with Gasteiger partial charge in [-0.2, -0.15) is 4.52 Å². The van der Waals surface area contributed by atoms with Crippen molar-refractivity contribution < 1.29 is 9.13 Å². The van der Waals surface area contributed by atoms with Crippen LogP contribution in [0.15, 0.2) is 41.3 Å². The summed E-state index contributed by atoms with van der Waals surface area (Å²) in [5.41, 5.74) is 1.94. The standard InChI is InChI=1S/C20H21FN4O2/c1-13-3-4-16(12-17(13)21)27-15-6-9-24(10-7-15)20-14(2)11-18-22-8-5-19(26)25(18)23-20/h3-5,8,11-12,15H,6-7,9-10H2,1-2H3. The van der Waals surface area contributed by atoms with Crippen LogP contribution in [-0.4, -0.2) is 33.8 Å². The molecular formula is C20H21FN4O2. The van der Waals surface area contributed by atoms with Crippen LogP contribution in [0.1, 0.15) is 24.0 Å². The highest BCUT2D eigenvalue weighted by molar-refractivity contribution is 5.52. The van der Waals surface area contributed by atoms with E-state index >= 15 is 0 Å². The Bertz CT molecular complexity index is 1040. The number of halogens is 1. The summed E-state index contributed by atoms with van der Waals surface area (Å²) >= 11 is 0. The highest BCUT2D eigenvalue weighted by atomic mass is 19.1. The minimum atomic E-state index is -0.250. The van der Waals surface area contributed by atoms with Gasteiger partial charge in [0.25, 0.3) is 5.56 Å². The maximum absolute atomic E-state index is 13.7. The Balaban J connectivity index is 1.48. The van der Waals surface area contributed by atoms with Crippen molar-refractivity contribution in [1.29, 1.82) is 0 Å². The van der Waals surface area contributed by atoms with Gasteiger partial charge in [0.2, 0.25) is 0 Å². The molecule has 6 nitrogen and oxygen atoms in total. The van der Waals surface area contributed by atoms with Crippen LogP contribution in [0.2, 0.25) is 0 Å². The lowest BCUT2D eigenvalue weighted by Crippen LogP contribution is -2.39. The zero-order valence-corrected chi connectivity index (χ0v) is 15.4. The largest absolute Gasteiger partial charge is 0.490 e. The van der Waals surface area contributed by atoms with Gasteiger partial charge in [-0.05, 0) is 37.1 Å². The smallest absolute Gasteiger partial charge is 0.274 e. The number of aromatic nitrogens is 3. The van der Waals surface area contributed by atoms with E-state index < -0.39 is 0 Å². The van der Waals surface area contributed by atoms with E-state index in [1.807, 2.05) is 13.0 Å². The van der Waals surface area contributed by atoms with Gasteiger partial charge in [0.05, 0.1) is 0 Å². The summed E-state index contributed by atoms with van der Waals surface area (Å²) in [6, 6.07) is 8.25. The Morgan fingerprint density at radius 1 is 1.11 bits per heavy atom. The Morgan fingerprint density at radius 2 is 1.89 bits per heavy atom. The Morgan fingerprint density at radius 3 is 2.63 bits per heavy atom. The zero-order chi connectivity index (χ0) is 19.0. The van der Waals surface area contributed by atoms with Crippen LogP contribution in [-0.2, 0) is 0 Å². The molecule has 27 heavy (non-hydrogen) atoms. The van der Waals surface area contributed by atoms with Crippen LogP contribution in [0, 0.1) is 19.7 Å². The third-order valence-electron chi connectivity index (χ3n) is 4.93. The molecule has 0 unspecified atom stereocenters. The second-order valence-electron chi connectivity index (χ2n) is 6.92. The van der Waals surface area contributed by atoms with Crippen molar-refractivity contribution in [2.75, 3.05) is 18.0 Å². The number of nitrogens with zero attached hydrogens (tertiary/aromatic N) is 4. The van der Waals surface area contributed by atoms with Crippen LogP contribution in [0.3, 0.4) is 0 Å². The lowest BCUT2D eigenvalue weighted by atomic mass is 10.1. The molecule has 4 rings (SSSR count). The van der Waals surface area contributed by atoms with E-state index in [-0.39, 0.29) is 17.5 Å². The molecule has 3 heterocycles. The molecule has 1 fully saturated rings. The Labute approximate surface area is 156 Å². The fourth-order valence-corrected chi connectivity index (χ4v) is 3.38. The van der Waals surface area contributed by atoms with Gasteiger partial charge >= 0.3 is 0 Å². The van der Waals surface area contributed by atoms with E-state index in [0.717, 1.165) is 37.3 Å². The lowest BCUT2D eigenvalue weighted by Gasteiger charge is -2.33. The third-order valence-corrected chi connectivity index (χ3v) is 4.93. The van der Waals surface area contributed by atoms with Crippen LogP contribution in [0.5, 0.6) is 5.75 Å². The average Bonchev–Trinajstić information content (AvgIpc) is 2.65. The monoisotopic (exact) mass is 368 g/mol. The van der Waals surface area contributed by atoms with Crippen molar-refractivity contribution in [2.24, 2.45) is 0 Å². The van der Waals surface area contributed by atoms with E-state index in [1.54, 1.807) is 19.1 Å². The Kier molecular flexibility index (Phi) is 4.51. The predicted molar refractivity (Wildman–Crippen MR) is 101 cm³/mol. The fourth-order valence-electron chi connectivity index (χ4n) is 3.38. The molecule has 1 aliphatic rings. The molecule has 0 atom stereocenters. The average molecular weight is 368 g/mol.